The molecule has 0 bridgehead atoms. The number of hydrogen-bond donors (Lipinski definition) is 1. The highest BCUT2D eigenvalue weighted by Crippen LogP contribution is 2.47. The number of amides is 1. The van der Waals surface area contributed by atoms with Gasteiger partial charge in [-0.15, -0.1) is 0 Å². The fourth-order valence-electron chi connectivity index (χ4n) is 3.82. The molecule has 0 radical (unpaired) electrons. The molecule has 1 amide bonds. The van der Waals surface area contributed by atoms with E-state index >= 15 is 0 Å². The lowest BCUT2D eigenvalue weighted by Gasteiger charge is -2.55. The minimum atomic E-state index is -0.0121. The van der Waals surface area contributed by atoms with Crippen LogP contribution in [0.3, 0.4) is 0 Å². The number of carbonyl (C=O) groups excluding carboxylic acids is 1. The highest BCUT2D eigenvalue weighted by molar-refractivity contribution is 5.85. The molecule has 5 atom stereocenters. The van der Waals surface area contributed by atoms with E-state index in [2.05, 4.69) is 44.8 Å². The van der Waals surface area contributed by atoms with Crippen LogP contribution in [0, 0.1) is 11.3 Å². The molecule has 2 aliphatic rings. The first-order valence-electron chi connectivity index (χ1n) is 8.58. The van der Waals surface area contributed by atoms with Crippen LogP contribution in [0.15, 0.2) is 0 Å². The van der Waals surface area contributed by atoms with Gasteiger partial charge in [-0.1, -0.05) is 41.0 Å². The summed E-state index contributed by atoms with van der Waals surface area (Å²) in [5.41, 5.74) is 0.0467. The topological polar surface area (TPSA) is 41.6 Å². The van der Waals surface area contributed by atoms with E-state index in [-0.39, 0.29) is 23.7 Å². The predicted octanol–water partition coefficient (Wildman–Crippen LogP) is 2.77. The van der Waals surface area contributed by atoms with Crippen LogP contribution >= 0.6 is 0 Å². The number of nitrogens with zero attached hydrogens (tertiary/aromatic N) is 1. The van der Waals surface area contributed by atoms with Crippen LogP contribution in [0.25, 0.3) is 0 Å². The van der Waals surface area contributed by atoms with Gasteiger partial charge in [-0.25, -0.2) is 0 Å². The van der Waals surface area contributed by atoms with Crippen LogP contribution in [0.5, 0.6) is 0 Å². The van der Waals surface area contributed by atoms with Gasteiger partial charge in [-0.05, 0) is 25.7 Å². The van der Waals surface area contributed by atoms with Crippen molar-refractivity contribution in [1.82, 2.24) is 10.2 Å². The molecule has 2 fully saturated rings. The smallest absolute Gasteiger partial charge is 0.241 e. The van der Waals surface area contributed by atoms with Crippen molar-refractivity contribution in [3.05, 3.63) is 0 Å². The Kier molecular flexibility index (Phi) is 4.99. The number of hydrogen-bond acceptors (Lipinski definition) is 3. The molecule has 4 heteroatoms. The fourth-order valence-corrected chi connectivity index (χ4v) is 3.82. The van der Waals surface area contributed by atoms with Crippen molar-refractivity contribution in [2.45, 2.75) is 85.2 Å². The van der Waals surface area contributed by atoms with Gasteiger partial charge in [0, 0.05) is 18.1 Å². The molecule has 1 aliphatic heterocycles. The van der Waals surface area contributed by atoms with Gasteiger partial charge >= 0.3 is 0 Å². The molecular formula is C17H32N2O2. The molecule has 0 aromatic heterocycles. The quantitative estimate of drug-likeness (QED) is 0.819. The number of carbonyl (C=O) groups is 1. The lowest BCUT2D eigenvalue weighted by molar-refractivity contribution is -0.168. The maximum atomic E-state index is 12.9. The summed E-state index contributed by atoms with van der Waals surface area (Å²) < 4.78 is 5.82. The van der Waals surface area contributed by atoms with Crippen LogP contribution in [-0.2, 0) is 9.53 Å². The molecule has 5 unspecified atom stereocenters. The van der Waals surface area contributed by atoms with Crippen molar-refractivity contribution in [3.8, 4) is 0 Å². The van der Waals surface area contributed by atoms with Gasteiger partial charge in [0.05, 0.1) is 18.3 Å². The van der Waals surface area contributed by atoms with Gasteiger partial charge < -0.3 is 9.64 Å². The van der Waals surface area contributed by atoms with Crippen molar-refractivity contribution >= 4 is 5.91 Å². The molecule has 0 aromatic carbocycles. The first-order chi connectivity index (χ1) is 9.88. The van der Waals surface area contributed by atoms with Crippen molar-refractivity contribution in [3.63, 3.8) is 0 Å². The average Bonchev–Trinajstić information content (AvgIpc) is 2.78. The number of rotatable bonds is 6. The largest absolute Gasteiger partial charge is 0.378 e. The van der Waals surface area contributed by atoms with Crippen LogP contribution in [0.4, 0.5) is 0 Å². The summed E-state index contributed by atoms with van der Waals surface area (Å²) in [6.45, 7) is 13.7. The number of ether oxygens (including phenoxy) is 1. The normalized spacial score (nSPS) is 36.7. The van der Waals surface area contributed by atoms with Crippen LogP contribution in [-0.4, -0.2) is 41.8 Å². The Balaban J connectivity index is 2.13. The molecule has 1 N–H and O–H groups in total. The summed E-state index contributed by atoms with van der Waals surface area (Å²) in [5, 5.41) is 3.56. The zero-order valence-electron chi connectivity index (χ0n) is 14.5. The molecule has 1 aliphatic carbocycles. The molecular weight excluding hydrogens is 264 g/mol. The standard InChI is InChI=1S/C17H32N2O2/c1-7-11(4)15-16(20)19(14(8-2)18-15)12-10-13(21-9-3)17(12,5)6/h11-15,18H,7-10H2,1-6H3. The summed E-state index contributed by atoms with van der Waals surface area (Å²) in [5.74, 6) is 0.687. The van der Waals surface area contributed by atoms with Crippen molar-refractivity contribution in [2.75, 3.05) is 6.61 Å². The molecule has 21 heavy (non-hydrogen) atoms. The summed E-state index contributed by atoms with van der Waals surface area (Å²) in [6.07, 6.45) is 3.43. The molecule has 122 valence electrons. The van der Waals surface area contributed by atoms with E-state index in [4.69, 9.17) is 4.74 Å². The second-order valence-electron chi connectivity index (χ2n) is 7.22. The highest BCUT2D eigenvalue weighted by Gasteiger charge is 2.56. The maximum absolute atomic E-state index is 12.9. The van der Waals surface area contributed by atoms with E-state index in [1.807, 2.05) is 6.92 Å². The SMILES string of the molecule is CCOC1CC(N2C(=O)C(C(C)CC)NC2CC)C1(C)C. The molecule has 1 heterocycles. The van der Waals surface area contributed by atoms with E-state index in [9.17, 15) is 4.79 Å². The van der Waals surface area contributed by atoms with Gasteiger partial charge in [-0.3, -0.25) is 10.1 Å². The molecule has 2 rings (SSSR count). The lowest BCUT2D eigenvalue weighted by atomic mass is 9.63. The Hall–Kier alpha value is -0.610. The maximum Gasteiger partial charge on any atom is 0.241 e. The Morgan fingerprint density at radius 1 is 1.38 bits per heavy atom. The van der Waals surface area contributed by atoms with Crippen LogP contribution in [0.2, 0.25) is 0 Å². The molecule has 0 spiro atoms. The van der Waals surface area contributed by atoms with E-state index in [0.717, 1.165) is 25.9 Å². The molecule has 0 aromatic rings. The van der Waals surface area contributed by atoms with Gasteiger partial charge in [-0.2, -0.15) is 0 Å². The second-order valence-corrected chi connectivity index (χ2v) is 7.22. The minimum Gasteiger partial charge on any atom is -0.378 e. The molecule has 4 nitrogen and oxygen atoms in total. The van der Waals surface area contributed by atoms with Crippen LogP contribution < -0.4 is 5.32 Å². The molecule has 1 saturated carbocycles. The third-order valence-electron chi connectivity index (χ3n) is 5.66. The van der Waals surface area contributed by atoms with Crippen molar-refractivity contribution in [1.29, 1.82) is 0 Å². The Bertz CT molecular complexity index is 383. The zero-order valence-corrected chi connectivity index (χ0v) is 14.5. The summed E-state index contributed by atoms with van der Waals surface area (Å²) in [7, 11) is 0. The molecule has 1 saturated heterocycles. The van der Waals surface area contributed by atoms with E-state index in [1.165, 1.54) is 0 Å². The lowest BCUT2D eigenvalue weighted by Crippen LogP contribution is -2.64. The first-order valence-corrected chi connectivity index (χ1v) is 8.58. The van der Waals surface area contributed by atoms with Gasteiger partial charge in [0.2, 0.25) is 5.91 Å². The summed E-state index contributed by atoms with van der Waals surface area (Å²) >= 11 is 0. The average molecular weight is 296 g/mol. The Labute approximate surface area is 129 Å². The predicted molar refractivity (Wildman–Crippen MR) is 84.9 cm³/mol. The summed E-state index contributed by atoms with van der Waals surface area (Å²) in [6, 6.07) is 0.287. The monoisotopic (exact) mass is 296 g/mol. The second kappa shape index (κ2) is 6.25. The van der Waals surface area contributed by atoms with E-state index < -0.39 is 0 Å². The van der Waals surface area contributed by atoms with Gasteiger partial charge in [0.15, 0.2) is 0 Å². The zero-order chi connectivity index (χ0) is 15.8. The Morgan fingerprint density at radius 2 is 2.05 bits per heavy atom. The summed E-state index contributed by atoms with van der Waals surface area (Å²) in [4.78, 5) is 15.0. The van der Waals surface area contributed by atoms with Gasteiger partial charge in [0.1, 0.15) is 0 Å². The first kappa shape index (κ1) is 16.8. The third kappa shape index (κ3) is 2.72. The number of nitrogens with one attached hydrogen (secondary N) is 1. The fraction of sp³-hybridized carbons (Fsp3) is 0.941. The highest BCUT2D eigenvalue weighted by atomic mass is 16.5. The van der Waals surface area contributed by atoms with Crippen molar-refractivity contribution < 1.29 is 9.53 Å². The van der Waals surface area contributed by atoms with Gasteiger partial charge in [0.25, 0.3) is 0 Å². The van der Waals surface area contributed by atoms with Crippen molar-refractivity contribution in [2.24, 2.45) is 11.3 Å². The van der Waals surface area contributed by atoms with E-state index in [0.29, 0.717) is 17.9 Å². The third-order valence-corrected chi connectivity index (χ3v) is 5.66. The minimum absolute atomic E-state index is 0.0121. The van der Waals surface area contributed by atoms with E-state index in [1.54, 1.807) is 0 Å². The van der Waals surface area contributed by atoms with Crippen LogP contribution in [0.1, 0.15) is 60.8 Å². The Morgan fingerprint density at radius 3 is 2.52 bits per heavy atom.